The summed E-state index contributed by atoms with van der Waals surface area (Å²) in [5.41, 5.74) is 1.34. The van der Waals surface area contributed by atoms with Gasteiger partial charge in [0.2, 0.25) is 0 Å². The van der Waals surface area contributed by atoms with E-state index < -0.39 is 0 Å². The highest BCUT2D eigenvalue weighted by molar-refractivity contribution is 6.30. The van der Waals surface area contributed by atoms with Gasteiger partial charge in [-0.2, -0.15) is 0 Å². The Hall–Kier alpha value is -0.200. The zero-order valence-electron chi connectivity index (χ0n) is 10.8. The molecule has 0 amide bonds. The van der Waals surface area contributed by atoms with E-state index in [1.165, 1.54) is 24.8 Å². The van der Waals surface area contributed by atoms with Crippen LogP contribution >= 0.6 is 23.2 Å². The third-order valence-electron chi connectivity index (χ3n) is 3.48. The van der Waals surface area contributed by atoms with Gasteiger partial charge in [-0.05, 0) is 42.4 Å². The maximum Gasteiger partial charge on any atom is 0.0406 e. The first-order chi connectivity index (χ1) is 8.19. The van der Waals surface area contributed by atoms with E-state index in [1.54, 1.807) is 0 Å². The fraction of sp³-hybridized carbons (Fsp3) is 0.600. The minimum Gasteiger partial charge on any atom is -0.126 e. The summed E-state index contributed by atoms with van der Waals surface area (Å²) in [6.45, 7) is 4.53. The van der Waals surface area contributed by atoms with Gasteiger partial charge in [0.25, 0.3) is 0 Å². The highest BCUT2D eigenvalue weighted by Gasteiger charge is 2.14. The molecule has 0 nitrogen and oxygen atoms in total. The van der Waals surface area contributed by atoms with Crippen molar-refractivity contribution in [3.05, 3.63) is 34.9 Å². The molecule has 96 valence electrons. The van der Waals surface area contributed by atoms with Gasteiger partial charge < -0.3 is 0 Å². The van der Waals surface area contributed by atoms with E-state index >= 15 is 0 Å². The Bertz CT molecular complexity index is 301. The van der Waals surface area contributed by atoms with Crippen LogP contribution in [0.15, 0.2) is 24.3 Å². The van der Waals surface area contributed by atoms with E-state index in [0.29, 0.717) is 5.92 Å². The van der Waals surface area contributed by atoms with Crippen LogP contribution in [0.2, 0.25) is 5.02 Å². The quantitative estimate of drug-likeness (QED) is 0.570. The van der Waals surface area contributed by atoms with Gasteiger partial charge in [0, 0.05) is 10.9 Å². The van der Waals surface area contributed by atoms with Crippen LogP contribution in [0.1, 0.15) is 38.7 Å². The summed E-state index contributed by atoms with van der Waals surface area (Å²) >= 11 is 12.0. The molecule has 0 aromatic heterocycles. The van der Waals surface area contributed by atoms with E-state index in [1.807, 2.05) is 12.1 Å². The summed E-state index contributed by atoms with van der Waals surface area (Å²) in [7, 11) is 0. The van der Waals surface area contributed by atoms with Crippen molar-refractivity contribution in [1.29, 1.82) is 0 Å². The Kier molecular flexibility index (Phi) is 6.99. The molecule has 0 heterocycles. The minimum absolute atomic E-state index is 0.586. The third-order valence-corrected chi connectivity index (χ3v) is 4.17. The van der Waals surface area contributed by atoms with Crippen molar-refractivity contribution in [3.8, 4) is 0 Å². The summed E-state index contributed by atoms with van der Waals surface area (Å²) in [5, 5.41) is 0.802. The van der Waals surface area contributed by atoms with Crippen LogP contribution in [0, 0.1) is 11.8 Å². The van der Waals surface area contributed by atoms with Gasteiger partial charge >= 0.3 is 0 Å². The van der Waals surface area contributed by atoms with Crippen molar-refractivity contribution in [1.82, 2.24) is 0 Å². The molecule has 0 saturated heterocycles. The average Bonchev–Trinajstić information content (AvgIpc) is 2.37. The third kappa shape index (κ3) is 5.31. The SMILES string of the molecule is CCC(CC)CC(CCl)Cc1ccc(Cl)cc1. The Morgan fingerprint density at radius 3 is 2.06 bits per heavy atom. The fourth-order valence-corrected chi connectivity index (χ4v) is 2.61. The number of hydrogen-bond donors (Lipinski definition) is 0. The lowest BCUT2D eigenvalue weighted by atomic mass is 9.88. The maximum absolute atomic E-state index is 6.08. The Labute approximate surface area is 115 Å². The molecule has 0 aliphatic rings. The monoisotopic (exact) mass is 272 g/mol. The molecule has 0 N–H and O–H groups in total. The number of rotatable bonds is 7. The molecule has 0 saturated carbocycles. The van der Waals surface area contributed by atoms with Crippen molar-refractivity contribution in [3.63, 3.8) is 0 Å². The minimum atomic E-state index is 0.586. The van der Waals surface area contributed by atoms with E-state index in [2.05, 4.69) is 26.0 Å². The Morgan fingerprint density at radius 2 is 1.59 bits per heavy atom. The van der Waals surface area contributed by atoms with Gasteiger partial charge in [-0.1, -0.05) is 50.4 Å². The summed E-state index contributed by atoms with van der Waals surface area (Å²) in [6, 6.07) is 8.13. The van der Waals surface area contributed by atoms with Crippen LogP contribution in [0.4, 0.5) is 0 Å². The smallest absolute Gasteiger partial charge is 0.0406 e. The molecule has 17 heavy (non-hydrogen) atoms. The zero-order valence-corrected chi connectivity index (χ0v) is 12.3. The van der Waals surface area contributed by atoms with Crippen LogP contribution in [0.25, 0.3) is 0 Å². The van der Waals surface area contributed by atoms with Gasteiger partial charge in [-0.25, -0.2) is 0 Å². The second kappa shape index (κ2) is 8.00. The first-order valence-corrected chi connectivity index (χ1v) is 7.41. The van der Waals surface area contributed by atoms with Crippen molar-refractivity contribution < 1.29 is 0 Å². The summed E-state index contributed by atoms with van der Waals surface area (Å²) in [5.74, 6) is 2.15. The van der Waals surface area contributed by atoms with Crippen molar-refractivity contribution >= 4 is 23.2 Å². The molecule has 0 radical (unpaired) electrons. The Morgan fingerprint density at radius 1 is 1.00 bits per heavy atom. The van der Waals surface area contributed by atoms with Crippen LogP contribution in [0.5, 0.6) is 0 Å². The standard InChI is InChI=1S/C15H22Cl2/c1-3-12(4-2)9-14(11-16)10-13-5-7-15(17)8-6-13/h5-8,12,14H,3-4,9-11H2,1-2H3. The molecule has 1 atom stereocenters. The number of halogens is 2. The molecule has 2 heteroatoms. The van der Waals surface area contributed by atoms with Crippen LogP contribution < -0.4 is 0 Å². The fourth-order valence-electron chi connectivity index (χ4n) is 2.25. The van der Waals surface area contributed by atoms with E-state index in [0.717, 1.165) is 23.2 Å². The molecule has 1 aromatic rings. The largest absolute Gasteiger partial charge is 0.126 e. The molecule has 1 rings (SSSR count). The predicted molar refractivity (Wildman–Crippen MR) is 78.1 cm³/mol. The number of hydrogen-bond acceptors (Lipinski definition) is 0. The van der Waals surface area contributed by atoms with Gasteiger partial charge in [0.05, 0.1) is 0 Å². The summed E-state index contributed by atoms with van der Waals surface area (Å²) < 4.78 is 0. The van der Waals surface area contributed by atoms with Gasteiger partial charge in [-0.15, -0.1) is 11.6 Å². The normalized spacial score (nSPS) is 13.0. The van der Waals surface area contributed by atoms with E-state index in [9.17, 15) is 0 Å². The second-order valence-electron chi connectivity index (χ2n) is 4.77. The van der Waals surface area contributed by atoms with Crippen molar-refractivity contribution in [2.24, 2.45) is 11.8 Å². The molecular formula is C15H22Cl2. The molecule has 0 fully saturated rings. The zero-order chi connectivity index (χ0) is 12.7. The predicted octanol–water partition coefficient (Wildman–Crippen LogP) is 5.56. The molecule has 0 aliphatic heterocycles. The highest BCUT2D eigenvalue weighted by atomic mass is 35.5. The van der Waals surface area contributed by atoms with E-state index in [-0.39, 0.29) is 0 Å². The first kappa shape index (κ1) is 14.9. The molecule has 0 spiro atoms. The average molecular weight is 273 g/mol. The maximum atomic E-state index is 6.08. The highest BCUT2D eigenvalue weighted by Crippen LogP contribution is 2.23. The van der Waals surface area contributed by atoms with Gasteiger partial charge in [0.1, 0.15) is 0 Å². The topological polar surface area (TPSA) is 0 Å². The molecular weight excluding hydrogens is 251 g/mol. The van der Waals surface area contributed by atoms with Gasteiger partial charge in [0.15, 0.2) is 0 Å². The number of alkyl halides is 1. The van der Waals surface area contributed by atoms with Crippen LogP contribution in [-0.4, -0.2) is 5.88 Å². The lowest BCUT2D eigenvalue weighted by Gasteiger charge is -2.20. The lowest BCUT2D eigenvalue weighted by molar-refractivity contribution is 0.372. The summed E-state index contributed by atoms with van der Waals surface area (Å²) in [6.07, 6.45) is 4.81. The molecule has 1 unspecified atom stereocenters. The van der Waals surface area contributed by atoms with Crippen LogP contribution in [-0.2, 0) is 6.42 Å². The van der Waals surface area contributed by atoms with Crippen LogP contribution in [0.3, 0.4) is 0 Å². The molecule has 0 bridgehead atoms. The lowest BCUT2D eigenvalue weighted by Crippen LogP contribution is -2.12. The first-order valence-electron chi connectivity index (χ1n) is 6.49. The molecule has 1 aromatic carbocycles. The summed E-state index contributed by atoms with van der Waals surface area (Å²) in [4.78, 5) is 0. The van der Waals surface area contributed by atoms with Crippen molar-refractivity contribution in [2.75, 3.05) is 5.88 Å². The van der Waals surface area contributed by atoms with E-state index in [4.69, 9.17) is 23.2 Å². The number of benzene rings is 1. The van der Waals surface area contributed by atoms with Crippen molar-refractivity contribution in [2.45, 2.75) is 39.5 Å². The van der Waals surface area contributed by atoms with Gasteiger partial charge in [-0.3, -0.25) is 0 Å². The second-order valence-corrected chi connectivity index (χ2v) is 5.51. The molecule has 0 aliphatic carbocycles. The Balaban J connectivity index is 2.54.